The van der Waals surface area contributed by atoms with Crippen molar-refractivity contribution in [1.29, 1.82) is 0 Å². The maximum Gasteiger partial charge on any atom is 0.245 e. The Balaban J connectivity index is 1.68. The summed E-state index contributed by atoms with van der Waals surface area (Å²) in [6, 6.07) is 6.76. The number of carbonyl (C=O) groups excluding carboxylic acids is 2. The number of hydrogen-bond donors (Lipinski definition) is 0. The second-order valence-corrected chi connectivity index (χ2v) is 5.43. The van der Waals surface area contributed by atoms with Gasteiger partial charge in [-0.25, -0.2) is 0 Å². The molecule has 2 aromatic rings. The lowest BCUT2D eigenvalue weighted by atomic mass is 10.2. The van der Waals surface area contributed by atoms with E-state index in [0.29, 0.717) is 31.7 Å². The standard InChI is InChI=1S/C16H18N2O4/c1-17(10-12-4-2-8-21-12)16(20)14-6-7-15(19)18(14)11-13-5-3-9-22-13/h2-5,8-9,14H,6-7,10-11H2,1H3/t14-/m0/s1. The van der Waals surface area contributed by atoms with Gasteiger partial charge in [-0.3, -0.25) is 9.59 Å². The molecule has 3 heterocycles. The molecule has 1 aliphatic heterocycles. The molecule has 0 aliphatic carbocycles. The molecule has 6 heteroatoms. The quantitative estimate of drug-likeness (QED) is 0.847. The van der Waals surface area contributed by atoms with Gasteiger partial charge >= 0.3 is 0 Å². The van der Waals surface area contributed by atoms with Crippen molar-refractivity contribution in [2.45, 2.75) is 32.0 Å². The first kappa shape index (κ1) is 14.4. The summed E-state index contributed by atoms with van der Waals surface area (Å²) in [4.78, 5) is 27.9. The Kier molecular flexibility index (Phi) is 4.00. The van der Waals surface area contributed by atoms with Crippen molar-refractivity contribution in [3.8, 4) is 0 Å². The fourth-order valence-corrected chi connectivity index (χ4v) is 2.73. The first-order valence-corrected chi connectivity index (χ1v) is 7.24. The van der Waals surface area contributed by atoms with Gasteiger partial charge in [-0.1, -0.05) is 0 Å². The topological polar surface area (TPSA) is 66.9 Å². The van der Waals surface area contributed by atoms with E-state index in [-0.39, 0.29) is 11.8 Å². The monoisotopic (exact) mass is 302 g/mol. The highest BCUT2D eigenvalue weighted by molar-refractivity contribution is 5.90. The Morgan fingerprint density at radius 2 is 1.95 bits per heavy atom. The fraction of sp³-hybridized carbons (Fsp3) is 0.375. The van der Waals surface area contributed by atoms with Crippen molar-refractivity contribution in [3.63, 3.8) is 0 Å². The highest BCUT2D eigenvalue weighted by atomic mass is 16.3. The van der Waals surface area contributed by atoms with E-state index in [1.165, 1.54) is 0 Å². The number of nitrogens with zero attached hydrogens (tertiary/aromatic N) is 2. The molecule has 0 saturated carbocycles. The van der Waals surface area contributed by atoms with Crippen LogP contribution in [-0.2, 0) is 22.7 Å². The van der Waals surface area contributed by atoms with Crippen LogP contribution in [0.1, 0.15) is 24.4 Å². The molecule has 0 N–H and O–H groups in total. The van der Waals surface area contributed by atoms with Crippen molar-refractivity contribution in [2.24, 2.45) is 0 Å². The third kappa shape index (κ3) is 2.90. The first-order valence-electron chi connectivity index (χ1n) is 7.24. The van der Waals surface area contributed by atoms with Gasteiger partial charge in [-0.2, -0.15) is 0 Å². The van der Waals surface area contributed by atoms with E-state index in [2.05, 4.69) is 0 Å². The molecule has 0 unspecified atom stereocenters. The molecule has 1 fully saturated rings. The van der Waals surface area contributed by atoms with Gasteiger partial charge in [-0.15, -0.1) is 0 Å². The molecule has 0 radical (unpaired) electrons. The van der Waals surface area contributed by atoms with Crippen LogP contribution in [0.5, 0.6) is 0 Å². The lowest BCUT2D eigenvalue weighted by Crippen LogP contribution is -2.44. The van der Waals surface area contributed by atoms with Crippen LogP contribution in [0.4, 0.5) is 0 Å². The van der Waals surface area contributed by atoms with Crippen LogP contribution < -0.4 is 0 Å². The molecule has 116 valence electrons. The Hall–Kier alpha value is -2.50. The maximum atomic E-state index is 12.6. The smallest absolute Gasteiger partial charge is 0.245 e. The van der Waals surface area contributed by atoms with E-state index in [0.717, 1.165) is 5.76 Å². The van der Waals surface area contributed by atoms with E-state index < -0.39 is 6.04 Å². The summed E-state index contributed by atoms with van der Waals surface area (Å²) in [7, 11) is 1.72. The lowest BCUT2D eigenvalue weighted by molar-refractivity contribution is -0.141. The van der Waals surface area contributed by atoms with Gasteiger partial charge in [0.2, 0.25) is 11.8 Å². The van der Waals surface area contributed by atoms with Crippen molar-refractivity contribution in [3.05, 3.63) is 48.3 Å². The van der Waals surface area contributed by atoms with Crippen molar-refractivity contribution in [1.82, 2.24) is 9.80 Å². The number of rotatable bonds is 5. The minimum atomic E-state index is -0.433. The third-order valence-electron chi connectivity index (χ3n) is 3.87. The van der Waals surface area contributed by atoms with Gasteiger partial charge in [-0.05, 0) is 30.7 Å². The van der Waals surface area contributed by atoms with Crippen LogP contribution in [0.25, 0.3) is 0 Å². The summed E-state index contributed by atoms with van der Waals surface area (Å²) in [5.41, 5.74) is 0. The van der Waals surface area contributed by atoms with Crippen LogP contribution in [0, 0.1) is 0 Å². The summed E-state index contributed by atoms with van der Waals surface area (Å²) in [6.07, 6.45) is 4.08. The zero-order chi connectivity index (χ0) is 15.5. The summed E-state index contributed by atoms with van der Waals surface area (Å²) in [5.74, 6) is 1.31. The van der Waals surface area contributed by atoms with Crippen LogP contribution in [-0.4, -0.2) is 34.7 Å². The fourth-order valence-electron chi connectivity index (χ4n) is 2.73. The number of likely N-dealkylation sites (N-methyl/N-ethyl adjacent to an activating group) is 1. The van der Waals surface area contributed by atoms with Crippen molar-refractivity contribution in [2.75, 3.05) is 7.05 Å². The highest BCUT2D eigenvalue weighted by Crippen LogP contribution is 2.23. The molecule has 1 saturated heterocycles. The predicted molar refractivity (Wildman–Crippen MR) is 77.5 cm³/mol. The molecule has 0 bridgehead atoms. The average Bonchev–Trinajstić information content (AvgIpc) is 3.23. The minimum Gasteiger partial charge on any atom is -0.467 e. The number of likely N-dealkylation sites (tertiary alicyclic amines) is 1. The number of furan rings is 2. The molecule has 2 aromatic heterocycles. The average molecular weight is 302 g/mol. The number of amides is 2. The normalized spacial score (nSPS) is 18.0. The molecule has 6 nitrogen and oxygen atoms in total. The second-order valence-electron chi connectivity index (χ2n) is 5.43. The maximum absolute atomic E-state index is 12.6. The predicted octanol–water partition coefficient (Wildman–Crippen LogP) is 2.02. The second kappa shape index (κ2) is 6.09. The molecule has 1 atom stereocenters. The number of hydrogen-bond acceptors (Lipinski definition) is 4. The van der Waals surface area contributed by atoms with Crippen LogP contribution >= 0.6 is 0 Å². The molecule has 0 aromatic carbocycles. The van der Waals surface area contributed by atoms with Crippen molar-refractivity contribution < 1.29 is 18.4 Å². The van der Waals surface area contributed by atoms with E-state index in [1.54, 1.807) is 47.6 Å². The highest BCUT2D eigenvalue weighted by Gasteiger charge is 2.37. The van der Waals surface area contributed by atoms with Crippen LogP contribution in [0.3, 0.4) is 0 Å². The minimum absolute atomic E-state index is 0.0128. The van der Waals surface area contributed by atoms with E-state index in [4.69, 9.17) is 8.83 Å². The molecule has 0 spiro atoms. The SMILES string of the molecule is CN(Cc1ccco1)C(=O)[C@@H]1CCC(=O)N1Cc1ccco1. The van der Waals surface area contributed by atoms with E-state index >= 15 is 0 Å². The molecular formula is C16H18N2O4. The summed E-state index contributed by atoms with van der Waals surface area (Å²) in [5, 5.41) is 0. The first-order chi connectivity index (χ1) is 10.6. The molecule has 2 amide bonds. The van der Waals surface area contributed by atoms with Gasteiger partial charge in [0.05, 0.1) is 25.6 Å². The zero-order valence-corrected chi connectivity index (χ0v) is 12.4. The van der Waals surface area contributed by atoms with Gasteiger partial charge in [0.15, 0.2) is 0 Å². The van der Waals surface area contributed by atoms with Gasteiger partial charge < -0.3 is 18.6 Å². The van der Waals surface area contributed by atoms with Crippen LogP contribution in [0.2, 0.25) is 0 Å². The molecule has 1 aliphatic rings. The molecular weight excluding hydrogens is 284 g/mol. The van der Waals surface area contributed by atoms with Crippen LogP contribution in [0.15, 0.2) is 45.6 Å². The van der Waals surface area contributed by atoms with Gasteiger partial charge in [0.1, 0.15) is 17.6 Å². The Labute approximate surface area is 128 Å². The number of carbonyl (C=O) groups is 2. The summed E-state index contributed by atoms with van der Waals surface area (Å²) in [6.45, 7) is 0.724. The largest absolute Gasteiger partial charge is 0.467 e. The van der Waals surface area contributed by atoms with Gasteiger partial charge in [0.25, 0.3) is 0 Å². The molecule has 3 rings (SSSR count). The summed E-state index contributed by atoms with van der Waals surface area (Å²) < 4.78 is 10.5. The van der Waals surface area contributed by atoms with Crippen molar-refractivity contribution >= 4 is 11.8 Å². The van der Waals surface area contributed by atoms with Gasteiger partial charge in [0, 0.05) is 13.5 Å². The lowest BCUT2D eigenvalue weighted by Gasteiger charge is -2.27. The summed E-state index contributed by atoms with van der Waals surface area (Å²) >= 11 is 0. The van der Waals surface area contributed by atoms with E-state index in [1.807, 2.05) is 6.07 Å². The third-order valence-corrected chi connectivity index (χ3v) is 3.87. The molecule has 22 heavy (non-hydrogen) atoms. The Bertz CT molecular complexity index is 633. The van der Waals surface area contributed by atoms with E-state index in [9.17, 15) is 9.59 Å². The Morgan fingerprint density at radius 1 is 1.27 bits per heavy atom. The Morgan fingerprint density at radius 3 is 2.59 bits per heavy atom. The zero-order valence-electron chi connectivity index (χ0n) is 12.4.